The van der Waals surface area contributed by atoms with Gasteiger partial charge in [0.05, 0.1) is 50.8 Å². The minimum Gasteiger partial charge on any atom is -0.468 e. The Morgan fingerprint density at radius 3 is 2.95 bits per heavy atom. The van der Waals surface area contributed by atoms with E-state index >= 15 is 0 Å². The first kappa shape index (κ1) is 14.6. The summed E-state index contributed by atoms with van der Waals surface area (Å²) in [5.74, 6) is 0.844. The second-order valence-corrected chi connectivity index (χ2v) is 5.99. The van der Waals surface area contributed by atoms with E-state index in [-0.39, 0.29) is 24.5 Å². The highest BCUT2D eigenvalue weighted by molar-refractivity contribution is 5.04. The van der Waals surface area contributed by atoms with Gasteiger partial charge in [-0.05, 0) is 12.1 Å². The van der Waals surface area contributed by atoms with Crippen molar-refractivity contribution in [2.45, 2.75) is 37.1 Å². The molecule has 2 bridgehead atoms. The number of ether oxygens (including phenoxy) is 3. The first-order chi connectivity index (χ1) is 10.8. The van der Waals surface area contributed by atoms with Crippen LogP contribution in [-0.4, -0.2) is 73.5 Å². The molecular formula is C15H22N2O5. The SMILES string of the molecule is OC1C(NCc2ccco2)C2COC(O2)C1N1CCOCC1. The first-order valence-corrected chi connectivity index (χ1v) is 7.85. The van der Waals surface area contributed by atoms with Crippen molar-refractivity contribution in [1.82, 2.24) is 10.2 Å². The molecule has 4 rings (SSSR count). The summed E-state index contributed by atoms with van der Waals surface area (Å²) in [4.78, 5) is 2.21. The first-order valence-electron chi connectivity index (χ1n) is 7.85. The lowest BCUT2D eigenvalue weighted by molar-refractivity contribution is -0.191. The maximum absolute atomic E-state index is 10.9. The van der Waals surface area contributed by atoms with Gasteiger partial charge >= 0.3 is 0 Å². The smallest absolute Gasteiger partial charge is 0.176 e. The van der Waals surface area contributed by atoms with Crippen LogP contribution in [0.15, 0.2) is 22.8 Å². The van der Waals surface area contributed by atoms with E-state index in [0.29, 0.717) is 26.4 Å². The molecule has 3 fully saturated rings. The Bertz CT molecular complexity index is 476. The average molecular weight is 310 g/mol. The molecule has 2 N–H and O–H groups in total. The van der Waals surface area contributed by atoms with E-state index in [1.807, 2.05) is 12.1 Å². The molecule has 0 aromatic carbocycles. The number of aliphatic hydroxyl groups excluding tert-OH is 1. The normalized spacial score (nSPS) is 39.2. The van der Waals surface area contributed by atoms with Crippen LogP contribution in [-0.2, 0) is 20.8 Å². The Kier molecular flexibility index (Phi) is 4.17. The Labute approximate surface area is 129 Å². The molecule has 0 radical (unpaired) electrons. The summed E-state index contributed by atoms with van der Waals surface area (Å²) in [6, 6.07) is 3.44. The Morgan fingerprint density at radius 1 is 1.32 bits per heavy atom. The fraction of sp³-hybridized carbons (Fsp3) is 0.733. The number of hydrogen-bond acceptors (Lipinski definition) is 7. The van der Waals surface area contributed by atoms with Crippen molar-refractivity contribution in [2.75, 3.05) is 32.9 Å². The molecule has 22 heavy (non-hydrogen) atoms. The van der Waals surface area contributed by atoms with Gasteiger partial charge in [0.1, 0.15) is 11.9 Å². The van der Waals surface area contributed by atoms with E-state index in [0.717, 1.165) is 18.8 Å². The molecule has 0 aliphatic carbocycles. The van der Waals surface area contributed by atoms with Gasteiger partial charge in [-0.15, -0.1) is 0 Å². The minimum atomic E-state index is -0.542. The van der Waals surface area contributed by atoms with Gasteiger partial charge in [0.2, 0.25) is 0 Å². The molecule has 3 aliphatic rings. The topological polar surface area (TPSA) is 76.3 Å². The van der Waals surface area contributed by atoms with Gasteiger partial charge in [-0.1, -0.05) is 0 Å². The zero-order chi connectivity index (χ0) is 14.9. The molecule has 0 saturated carbocycles. The summed E-state index contributed by atoms with van der Waals surface area (Å²) in [7, 11) is 0. The summed E-state index contributed by atoms with van der Waals surface area (Å²) in [6.07, 6.45) is 0.641. The number of aliphatic hydroxyl groups is 1. The maximum Gasteiger partial charge on any atom is 0.176 e. The van der Waals surface area contributed by atoms with E-state index in [4.69, 9.17) is 18.6 Å². The van der Waals surface area contributed by atoms with Crippen LogP contribution in [0.1, 0.15) is 5.76 Å². The van der Waals surface area contributed by atoms with Crippen LogP contribution in [0.5, 0.6) is 0 Å². The Balaban J connectivity index is 1.46. The zero-order valence-electron chi connectivity index (χ0n) is 12.4. The van der Waals surface area contributed by atoms with E-state index in [9.17, 15) is 5.11 Å². The molecule has 1 aromatic rings. The lowest BCUT2D eigenvalue weighted by Crippen LogP contribution is -2.65. The number of furan rings is 1. The maximum atomic E-state index is 10.9. The Morgan fingerprint density at radius 2 is 2.18 bits per heavy atom. The molecule has 5 atom stereocenters. The minimum absolute atomic E-state index is 0.118. The van der Waals surface area contributed by atoms with Gasteiger partial charge < -0.3 is 29.1 Å². The lowest BCUT2D eigenvalue weighted by Gasteiger charge is -2.45. The fourth-order valence-electron chi connectivity index (χ4n) is 3.55. The fourth-order valence-corrected chi connectivity index (χ4v) is 3.55. The molecule has 7 nitrogen and oxygen atoms in total. The third-order valence-corrected chi connectivity index (χ3v) is 4.69. The number of nitrogens with one attached hydrogen (secondary N) is 1. The van der Waals surface area contributed by atoms with Crippen LogP contribution in [0.25, 0.3) is 0 Å². The molecule has 122 valence electrons. The number of fused-ring (bicyclic) bond motifs is 2. The second-order valence-electron chi connectivity index (χ2n) is 5.99. The summed E-state index contributed by atoms with van der Waals surface area (Å²) < 4.78 is 22.4. The van der Waals surface area contributed by atoms with E-state index in [1.165, 1.54) is 0 Å². The molecule has 0 spiro atoms. The number of nitrogens with zero attached hydrogens (tertiary/aromatic N) is 1. The summed E-state index contributed by atoms with van der Waals surface area (Å²) in [6.45, 7) is 4.03. The van der Waals surface area contributed by atoms with Crippen LogP contribution in [0.3, 0.4) is 0 Å². The predicted molar refractivity (Wildman–Crippen MR) is 76.1 cm³/mol. The van der Waals surface area contributed by atoms with Crippen molar-refractivity contribution in [3.8, 4) is 0 Å². The monoisotopic (exact) mass is 310 g/mol. The largest absolute Gasteiger partial charge is 0.468 e. The molecule has 4 heterocycles. The Hall–Kier alpha value is -0.960. The highest BCUT2D eigenvalue weighted by Gasteiger charge is 2.52. The summed E-state index contributed by atoms with van der Waals surface area (Å²) >= 11 is 0. The van der Waals surface area contributed by atoms with Crippen molar-refractivity contribution in [2.24, 2.45) is 0 Å². The number of morpholine rings is 1. The highest BCUT2D eigenvalue weighted by Crippen LogP contribution is 2.31. The standard InChI is InChI=1S/C15H22N2O5/c18-14-12(16-8-10-2-1-5-20-10)11-9-21-15(22-11)13(14)17-3-6-19-7-4-17/h1-2,5,11-16,18H,3-4,6-9H2. The predicted octanol–water partition coefficient (Wildman–Crippen LogP) is -0.445. The second kappa shape index (κ2) is 6.27. The quantitative estimate of drug-likeness (QED) is 0.780. The van der Waals surface area contributed by atoms with Crippen LogP contribution < -0.4 is 5.32 Å². The van der Waals surface area contributed by atoms with Gasteiger partial charge in [-0.3, -0.25) is 4.90 Å². The van der Waals surface area contributed by atoms with Crippen LogP contribution in [0, 0.1) is 0 Å². The van der Waals surface area contributed by atoms with Crippen LogP contribution in [0.2, 0.25) is 0 Å². The molecular weight excluding hydrogens is 288 g/mol. The lowest BCUT2D eigenvalue weighted by atomic mass is 9.94. The van der Waals surface area contributed by atoms with Crippen molar-refractivity contribution < 1.29 is 23.7 Å². The van der Waals surface area contributed by atoms with E-state index < -0.39 is 6.10 Å². The van der Waals surface area contributed by atoms with Crippen molar-refractivity contribution in [1.29, 1.82) is 0 Å². The summed E-state index contributed by atoms with van der Waals surface area (Å²) in [5.41, 5.74) is 0. The molecule has 5 unspecified atom stereocenters. The molecule has 0 amide bonds. The number of rotatable bonds is 4. The average Bonchev–Trinajstić information content (AvgIpc) is 3.19. The van der Waals surface area contributed by atoms with Crippen molar-refractivity contribution in [3.63, 3.8) is 0 Å². The van der Waals surface area contributed by atoms with Gasteiger partial charge in [0.25, 0.3) is 0 Å². The molecule has 3 aliphatic heterocycles. The highest BCUT2D eigenvalue weighted by atomic mass is 16.7. The molecule has 7 heteroatoms. The third-order valence-electron chi connectivity index (χ3n) is 4.69. The third kappa shape index (κ3) is 2.68. The van der Waals surface area contributed by atoms with E-state index in [2.05, 4.69) is 10.2 Å². The van der Waals surface area contributed by atoms with Gasteiger partial charge in [-0.2, -0.15) is 0 Å². The van der Waals surface area contributed by atoms with Crippen molar-refractivity contribution in [3.05, 3.63) is 24.2 Å². The van der Waals surface area contributed by atoms with Gasteiger partial charge in [0.15, 0.2) is 6.29 Å². The van der Waals surface area contributed by atoms with Crippen molar-refractivity contribution >= 4 is 0 Å². The van der Waals surface area contributed by atoms with Gasteiger partial charge in [-0.25, -0.2) is 0 Å². The zero-order valence-corrected chi connectivity index (χ0v) is 12.4. The van der Waals surface area contributed by atoms with E-state index in [1.54, 1.807) is 6.26 Å². The summed E-state index contributed by atoms with van der Waals surface area (Å²) in [5, 5.41) is 14.2. The number of hydrogen-bond donors (Lipinski definition) is 2. The van der Waals surface area contributed by atoms with Crippen LogP contribution >= 0.6 is 0 Å². The van der Waals surface area contributed by atoms with Crippen LogP contribution in [0.4, 0.5) is 0 Å². The van der Waals surface area contributed by atoms with Gasteiger partial charge in [0, 0.05) is 13.1 Å². The molecule has 1 aromatic heterocycles. The molecule has 3 saturated heterocycles.